The van der Waals surface area contributed by atoms with Crippen LogP contribution in [0.25, 0.3) is 5.57 Å². The van der Waals surface area contributed by atoms with Crippen molar-refractivity contribution in [2.45, 2.75) is 77.9 Å². The number of benzene rings is 1. The van der Waals surface area contributed by atoms with E-state index in [1.807, 2.05) is 0 Å². The molecule has 0 heterocycles. The van der Waals surface area contributed by atoms with E-state index in [9.17, 15) is 0 Å². The molecule has 3 aliphatic rings. The number of fused-ring (bicyclic) bond motifs is 4. The third-order valence-corrected chi connectivity index (χ3v) is 6.77. The zero-order chi connectivity index (χ0) is 17.8. The van der Waals surface area contributed by atoms with Crippen molar-refractivity contribution in [3.63, 3.8) is 0 Å². The number of hydrogen-bond acceptors (Lipinski definition) is 2. The first-order valence-electron chi connectivity index (χ1n) is 9.89. The first-order chi connectivity index (χ1) is 11.8. The molecule has 0 saturated heterocycles. The van der Waals surface area contributed by atoms with Gasteiger partial charge in [-0.2, -0.15) is 0 Å². The highest BCUT2D eigenvalue weighted by Gasteiger charge is 2.52. The van der Waals surface area contributed by atoms with E-state index in [0.717, 1.165) is 12.2 Å². The maximum Gasteiger partial charge on any atom is 0.119 e. The summed E-state index contributed by atoms with van der Waals surface area (Å²) < 4.78 is 11.9. The fourth-order valence-electron chi connectivity index (χ4n) is 5.60. The maximum absolute atomic E-state index is 6.51. The smallest absolute Gasteiger partial charge is 0.119 e. The Morgan fingerprint density at radius 1 is 1.08 bits per heavy atom. The van der Waals surface area contributed by atoms with E-state index in [1.165, 1.54) is 43.2 Å². The molecule has 0 aliphatic heterocycles. The summed E-state index contributed by atoms with van der Waals surface area (Å²) in [6.45, 7) is 9.08. The molecule has 0 unspecified atom stereocenters. The normalized spacial score (nSPS) is 31.4. The molecule has 0 radical (unpaired) electrons. The molecule has 1 aromatic carbocycles. The first-order valence-corrected chi connectivity index (χ1v) is 9.89. The van der Waals surface area contributed by atoms with Crippen LogP contribution < -0.4 is 4.74 Å². The van der Waals surface area contributed by atoms with Crippen LogP contribution in [0.4, 0.5) is 0 Å². The van der Waals surface area contributed by atoms with Crippen molar-refractivity contribution in [3.8, 4) is 5.75 Å². The van der Waals surface area contributed by atoms with Gasteiger partial charge in [0, 0.05) is 5.41 Å². The van der Waals surface area contributed by atoms with E-state index >= 15 is 0 Å². The summed E-state index contributed by atoms with van der Waals surface area (Å²) >= 11 is 0. The van der Waals surface area contributed by atoms with Gasteiger partial charge < -0.3 is 9.47 Å². The van der Waals surface area contributed by atoms with Crippen LogP contribution in [0.1, 0.15) is 70.9 Å². The lowest BCUT2D eigenvalue weighted by Crippen LogP contribution is -2.41. The number of allylic oxidation sites excluding steroid dienone is 2. The molecular weight excluding hydrogens is 308 g/mol. The van der Waals surface area contributed by atoms with Gasteiger partial charge in [0.05, 0.1) is 18.8 Å². The summed E-state index contributed by atoms with van der Waals surface area (Å²) in [5.41, 5.74) is 6.61. The van der Waals surface area contributed by atoms with Crippen molar-refractivity contribution in [3.05, 3.63) is 34.9 Å². The van der Waals surface area contributed by atoms with Gasteiger partial charge in [-0.05, 0) is 94.0 Å². The SMILES string of the molecule is COc1ccc2c(c1)CCC1=C2CC[C@]2(C)[C@@H]1CC[C@H]2OC(C)(C)C. The van der Waals surface area contributed by atoms with Crippen molar-refractivity contribution in [2.24, 2.45) is 11.3 Å². The standard InChI is InChI=1S/C23H32O2/c1-22(2,3)25-21-11-10-20-19-8-6-15-14-16(24-5)7-9-17(15)18(19)12-13-23(20,21)4/h7,9,14,20-21H,6,8,10-13H2,1-5H3/t20-,21-,23-/m1/s1. The molecule has 1 saturated carbocycles. The Kier molecular flexibility index (Phi) is 4.03. The molecule has 2 heteroatoms. The Morgan fingerprint density at radius 2 is 1.88 bits per heavy atom. The predicted molar refractivity (Wildman–Crippen MR) is 103 cm³/mol. The topological polar surface area (TPSA) is 18.5 Å². The van der Waals surface area contributed by atoms with Crippen LogP contribution in [-0.2, 0) is 11.2 Å². The minimum absolute atomic E-state index is 0.0487. The molecule has 0 amide bonds. The third-order valence-electron chi connectivity index (χ3n) is 6.77. The van der Waals surface area contributed by atoms with E-state index in [0.29, 0.717) is 17.4 Å². The predicted octanol–water partition coefficient (Wildman–Crippen LogP) is 5.79. The third kappa shape index (κ3) is 2.83. The van der Waals surface area contributed by atoms with Crippen LogP contribution >= 0.6 is 0 Å². The Labute approximate surface area is 152 Å². The molecular formula is C23H32O2. The summed E-state index contributed by atoms with van der Waals surface area (Å²) in [5, 5.41) is 0. The molecule has 1 aromatic rings. The molecule has 3 atom stereocenters. The quantitative estimate of drug-likeness (QED) is 0.678. The lowest BCUT2D eigenvalue weighted by Gasteiger charge is -2.45. The van der Waals surface area contributed by atoms with Crippen LogP contribution in [0, 0.1) is 11.3 Å². The van der Waals surface area contributed by atoms with Crippen LogP contribution in [0.3, 0.4) is 0 Å². The van der Waals surface area contributed by atoms with Gasteiger partial charge in [-0.15, -0.1) is 0 Å². The van der Waals surface area contributed by atoms with Gasteiger partial charge in [-0.25, -0.2) is 0 Å². The molecule has 4 rings (SSSR count). The first kappa shape index (κ1) is 17.1. The molecule has 25 heavy (non-hydrogen) atoms. The van der Waals surface area contributed by atoms with Crippen molar-refractivity contribution >= 4 is 5.57 Å². The molecule has 0 aromatic heterocycles. The van der Waals surface area contributed by atoms with Crippen molar-refractivity contribution in [1.29, 1.82) is 0 Å². The fraction of sp³-hybridized carbons (Fsp3) is 0.652. The highest BCUT2D eigenvalue weighted by molar-refractivity contribution is 5.75. The molecule has 1 fully saturated rings. The summed E-state index contributed by atoms with van der Waals surface area (Å²) in [6.07, 6.45) is 7.74. The Balaban J connectivity index is 1.68. The van der Waals surface area contributed by atoms with Gasteiger partial charge in [0.25, 0.3) is 0 Å². The van der Waals surface area contributed by atoms with Crippen LogP contribution in [0.5, 0.6) is 5.75 Å². The molecule has 2 nitrogen and oxygen atoms in total. The second kappa shape index (κ2) is 5.87. The van der Waals surface area contributed by atoms with E-state index < -0.39 is 0 Å². The summed E-state index contributed by atoms with van der Waals surface area (Å²) in [6, 6.07) is 6.67. The van der Waals surface area contributed by atoms with Crippen LogP contribution in [0.15, 0.2) is 23.8 Å². The van der Waals surface area contributed by atoms with Crippen LogP contribution in [-0.4, -0.2) is 18.8 Å². The summed E-state index contributed by atoms with van der Waals surface area (Å²) in [4.78, 5) is 0. The van der Waals surface area contributed by atoms with E-state index in [4.69, 9.17) is 9.47 Å². The zero-order valence-electron chi connectivity index (χ0n) is 16.4. The lowest BCUT2D eigenvalue weighted by atomic mass is 9.62. The number of methoxy groups -OCH3 is 1. The average Bonchev–Trinajstić information content (AvgIpc) is 2.89. The average molecular weight is 341 g/mol. The van der Waals surface area contributed by atoms with Crippen LogP contribution in [0.2, 0.25) is 0 Å². The van der Waals surface area contributed by atoms with E-state index in [2.05, 4.69) is 45.9 Å². The zero-order valence-corrected chi connectivity index (χ0v) is 16.4. The van der Waals surface area contributed by atoms with Gasteiger partial charge in [0.1, 0.15) is 5.75 Å². The molecule has 0 spiro atoms. The number of rotatable bonds is 2. The number of ether oxygens (including phenoxy) is 2. The summed E-state index contributed by atoms with van der Waals surface area (Å²) in [5.74, 6) is 1.70. The van der Waals surface area contributed by atoms with Gasteiger partial charge in [0.15, 0.2) is 0 Å². The number of hydrogen-bond donors (Lipinski definition) is 0. The Morgan fingerprint density at radius 3 is 2.60 bits per heavy atom. The Hall–Kier alpha value is -1.28. The maximum atomic E-state index is 6.51. The largest absolute Gasteiger partial charge is 0.497 e. The molecule has 0 bridgehead atoms. The Bertz CT molecular complexity index is 709. The fourth-order valence-corrected chi connectivity index (χ4v) is 5.60. The molecule has 3 aliphatic carbocycles. The van der Waals surface area contributed by atoms with Crippen molar-refractivity contribution < 1.29 is 9.47 Å². The van der Waals surface area contributed by atoms with Crippen molar-refractivity contribution in [1.82, 2.24) is 0 Å². The monoisotopic (exact) mass is 340 g/mol. The minimum Gasteiger partial charge on any atom is -0.497 e. The second-order valence-corrected chi connectivity index (χ2v) is 9.38. The number of aryl methyl sites for hydroxylation is 1. The minimum atomic E-state index is -0.0487. The van der Waals surface area contributed by atoms with E-state index in [-0.39, 0.29) is 5.60 Å². The van der Waals surface area contributed by atoms with Crippen molar-refractivity contribution in [2.75, 3.05) is 7.11 Å². The highest BCUT2D eigenvalue weighted by atomic mass is 16.5. The van der Waals surface area contributed by atoms with E-state index in [1.54, 1.807) is 18.3 Å². The second-order valence-electron chi connectivity index (χ2n) is 9.38. The highest BCUT2D eigenvalue weighted by Crippen LogP contribution is 2.59. The molecule has 136 valence electrons. The van der Waals surface area contributed by atoms with Gasteiger partial charge >= 0.3 is 0 Å². The van der Waals surface area contributed by atoms with Gasteiger partial charge in [-0.1, -0.05) is 18.6 Å². The summed E-state index contributed by atoms with van der Waals surface area (Å²) in [7, 11) is 1.76. The molecule has 0 N–H and O–H groups in total. The van der Waals surface area contributed by atoms with Gasteiger partial charge in [0.2, 0.25) is 0 Å². The van der Waals surface area contributed by atoms with Gasteiger partial charge in [-0.3, -0.25) is 0 Å². The lowest BCUT2D eigenvalue weighted by molar-refractivity contribution is -0.109.